The fraction of sp³-hybridized carbons (Fsp3) is 0.808. The van der Waals surface area contributed by atoms with Gasteiger partial charge < -0.3 is 14.9 Å². The average Bonchev–Trinajstić information content (AvgIpc) is 2.73. The molecule has 174 valence electrons. The number of hydrogen-bond donors (Lipinski definition) is 1. The highest BCUT2D eigenvalue weighted by molar-refractivity contribution is 5.22. The van der Waals surface area contributed by atoms with Gasteiger partial charge in [0.2, 0.25) is 0 Å². The zero-order chi connectivity index (χ0) is 21.9. The molecule has 0 aliphatic heterocycles. The van der Waals surface area contributed by atoms with Crippen molar-refractivity contribution in [2.75, 3.05) is 6.61 Å². The molecule has 0 saturated carbocycles. The van der Waals surface area contributed by atoms with E-state index in [1.54, 1.807) is 6.07 Å². The summed E-state index contributed by atoms with van der Waals surface area (Å²) in [5, 5.41) is 0. The Morgan fingerprint density at radius 2 is 1.27 bits per heavy atom. The van der Waals surface area contributed by atoms with E-state index >= 15 is 0 Å². The summed E-state index contributed by atoms with van der Waals surface area (Å²) in [7, 11) is 0. The highest BCUT2D eigenvalue weighted by atomic mass is 16.5. The Labute approximate surface area is 185 Å². The van der Waals surface area contributed by atoms with Gasteiger partial charge in [-0.15, -0.1) is 0 Å². The molecule has 0 radical (unpaired) electrons. The normalized spacial score (nSPS) is 12.2. The maximum Gasteiger partial charge on any atom is 0.339 e. The first-order valence-electron chi connectivity index (χ1n) is 12.7. The first-order valence-corrected chi connectivity index (χ1v) is 12.7. The highest BCUT2D eigenvalue weighted by Gasteiger charge is 2.10. The van der Waals surface area contributed by atoms with Crippen molar-refractivity contribution in [1.82, 2.24) is 0 Å². The van der Waals surface area contributed by atoms with Gasteiger partial charge in [0.15, 0.2) is 0 Å². The van der Waals surface area contributed by atoms with E-state index in [-0.39, 0.29) is 11.7 Å². The minimum absolute atomic E-state index is 0.239. The lowest BCUT2D eigenvalue weighted by molar-refractivity contribution is 0.296. The SMILES string of the molecule is CCCCCCCCCCCCCCCCCOc1cc([C@H](N)CCC)oc(=O)c1. The van der Waals surface area contributed by atoms with Crippen molar-refractivity contribution in [3.05, 3.63) is 28.3 Å². The molecule has 0 fully saturated rings. The van der Waals surface area contributed by atoms with Crippen molar-refractivity contribution in [3.63, 3.8) is 0 Å². The predicted molar refractivity (Wildman–Crippen MR) is 127 cm³/mol. The molecule has 0 aliphatic rings. The van der Waals surface area contributed by atoms with E-state index in [0.717, 1.165) is 19.3 Å². The Hall–Kier alpha value is -1.29. The van der Waals surface area contributed by atoms with Crippen LogP contribution in [0.2, 0.25) is 0 Å². The molecule has 30 heavy (non-hydrogen) atoms. The molecule has 1 aromatic heterocycles. The summed E-state index contributed by atoms with van der Waals surface area (Å²) in [6.45, 7) is 4.98. The molecule has 4 nitrogen and oxygen atoms in total. The van der Waals surface area contributed by atoms with Gasteiger partial charge >= 0.3 is 5.63 Å². The molecule has 4 heteroatoms. The number of hydrogen-bond acceptors (Lipinski definition) is 4. The highest BCUT2D eigenvalue weighted by Crippen LogP contribution is 2.19. The van der Waals surface area contributed by atoms with Crippen LogP contribution in [0.5, 0.6) is 5.75 Å². The predicted octanol–water partition coefficient (Wildman–Crippen LogP) is 7.69. The van der Waals surface area contributed by atoms with Crippen molar-refractivity contribution in [2.24, 2.45) is 5.73 Å². The topological polar surface area (TPSA) is 65.5 Å². The van der Waals surface area contributed by atoms with E-state index in [4.69, 9.17) is 14.9 Å². The molecular weight excluding hydrogens is 374 g/mol. The fourth-order valence-corrected chi connectivity index (χ4v) is 3.86. The third kappa shape index (κ3) is 13.8. The second kappa shape index (κ2) is 18.5. The molecule has 2 N–H and O–H groups in total. The Bertz CT molecular complexity index is 570. The first-order chi connectivity index (χ1) is 14.7. The van der Waals surface area contributed by atoms with Crippen LogP contribution in [-0.2, 0) is 0 Å². The number of rotatable bonds is 20. The molecule has 1 heterocycles. The van der Waals surface area contributed by atoms with Crippen LogP contribution in [0.4, 0.5) is 0 Å². The van der Waals surface area contributed by atoms with Crippen LogP contribution in [0.3, 0.4) is 0 Å². The standard InChI is InChI=1S/C26H47NO3/c1-3-5-6-7-8-9-10-11-12-13-14-15-16-17-18-20-29-23-21-25(24(27)19-4-2)30-26(28)22-23/h21-22,24H,3-20,27H2,1-2H3/t24-/m1/s1. The second-order valence-corrected chi connectivity index (χ2v) is 8.71. The van der Waals surface area contributed by atoms with Crippen LogP contribution >= 0.6 is 0 Å². The summed E-state index contributed by atoms with van der Waals surface area (Å²) in [6.07, 6.45) is 22.0. The van der Waals surface area contributed by atoms with Gasteiger partial charge in [0.05, 0.1) is 18.7 Å². The zero-order valence-electron chi connectivity index (χ0n) is 19.8. The van der Waals surface area contributed by atoms with Gasteiger partial charge in [0, 0.05) is 6.07 Å². The molecule has 1 rings (SSSR count). The lowest BCUT2D eigenvalue weighted by Gasteiger charge is -2.11. The van der Waals surface area contributed by atoms with Crippen LogP contribution in [-0.4, -0.2) is 6.61 Å². The average molecular weight is 422 g/mol. The van der Waals surface area contributed by atoms with Crippen LogP contribution in [0.15, 0.2) is 21.3 Å². The second-order valence-electron chi connectivity index (χ2n) is 8.71. The van der Waals surface area contributed by atoms with Gasteiger partial charge in [-0.05, 0) is 12.8 Å². The number of unbranched alkanes of at least 4 members (excludes halogenated alkanes) is 14. The Morgan fingerprint density at radius 3 is 1.77 bits per heavy atom. The molecule has 0 saturated heterocycles. The Balaban J connectivity index is 1.96. The molecule has 0 amide bonds. The third-order valence-corrected chi connectivity index (χ3v) is 5.74. The quantitative estimate of drug-likeness (QED) is 0.219. The fourth-order valence-electron chi connectivity index (χ4n) is 3.86. The Kier molecular flexibility index (Phi) is 16.5. The third-order valence-electron chi connectivity index (χ3n) is 5.74. The molecular formula is C26H47NO3. The summed E-state index contributed by atoms with van der Waals surface area (Å²) in [4.78, 5) is 11.7. The largest absolute Gasteiger partial charge is 0.493 e. The summed E-state index contributed by atoms with van der Waals surface area (Å²) in [5.74, 6) is 1.11. The van der Waals surface area contributed by atoms with Gasteiger partial charge in [-0.1, -0.05) is 110 Å². The lowest BCUT2D eigenvalue weighted by Crippen LogP contribution is -2.13. The smallest absolute Gasteiger partial charge is 0.339 e. The van der Waals surface area contributed by atoms with Crippen molar-refractivity contribution in [1.29, 1.82) is 0 Å². The van der Waals surface area contributed by atoms with Crippen molar-refractivity contribution >= 4 is 0 Å². The summed E-state index contributed by atoms with van der Waals surface area (Å²) in [6, 6.07) is 2.94. The van der Waals surface area contributed by atoms with Gasteiger partial charge in [-0.25, -0.2) is 4.79 Å². The molecule has 0 aliphatic carbocycles. The maximum atomic E-state index is 11.7. The zero-order valence-corrected chi connectivity index (χ0v) is 19.8. The van der Waals surface area contributed by atoms with Crippen molar-refractivity contribution in [3.8, 4) is 5.75 Å². The van der Waals surface area contributed by atoms with Crippen LogP contribution in [0.1, 0.15) is 135 Å². The van der Waals surface area contributed by atoms with E-state index in [1.165, 1.54) is 96.0 Å². The van der Waals surface area contributed by atoms with Gasteiger partial charge in [-0.2, -0.15) is 0 Å². The Morgan fingerprint density at radius 1 is 0.767 bits per heavy atom. The van der Waals surface area contributed by atoms with Crippen molar-refractivity contribution in [2.45, 2.75) is 129 Å². The van der Waals surface area contributed by atoms with E-state index in [0.29, 0.717) is 18.1 Å². The van der Waals surface area contributed by atoms with E-state index < -0.39 is 0 Å². The maximum absolute atomic E-state index is 11.7. The van der Waals surface area contributed by atoms with Gasteiger partial charge in [0.25, 0.3) is 0 Å². The van der Waals surface area contributed by atoms with Crippen LogP contribution < -0.4 is 16.1 Å². The van der Waals surface area contributed by atoms with Crippen LogP contribution in [0, 0.1) is 0 Å². The summed E-state index contributed by atoms with van der Waals surface area (Å²) >= 11 is 0. The van der Waals surface area contributed by atoms with E-state index in [1.807, 2.05) is 0 Å². The molecule has 0 aromatic carbocycles. The minimum Gasteiger partial charge on any atom is -0.493 e. The summed E-state index contributed by atoms with van der Waals surface area (Å²) in [5.41, 5.74) is 5.66. The van der Waals surface area contributed by atoms with Gasteiger partial charge in [0.1, 0.15) is 11.5 Å². The van der Waals surface area contributed by atoms with Crippen molar-refractivity contribution < 1.29 is 9.15 Å². The molecule has 0 bridgehead atoms. The van der Waals surface area contributed by atoms with E-state index in [2.05, 4.69) is 13.8 Å². The van der Waals surface area contributed by atoms with Gasteiger partial charge in [-0.3, -0.25) is 0 Å². The minimum atomic E-state index is -0.384. The number of ether oxygens (including phenoxy) is 1. The molecule has 1 atom stereocenters. The molecule has 1 aromatic rings. The number of nitrogens with two attached hydrogens (primary N) is 1. The van der Waals surface area contributed by atoms with Crippen LogP contribution in [0.25, 0.3) is 0 Å². The summed E-state index contributed by atoms with van der Waals surface area (Å²) < 4.78 is 11.0. The lowest BCUT2D eigenvalue weighted by atomic mass is 10.0. The van der Waals surface area contributed by atoms with E-state index in [9.17, 15) is 4.79 Å². The molecule has 0 spiro atoms. The monoisotopic (exact) mass is 421 g/mol. The molecule has 0 unspecified atom stereocenters. The first kappa shape index (κ1) is 26.7.